The highest BCUT2D eigenvalue weighted by Gasteiger charge is 2.37. The minimum atomic E-state index is -1.06. The third-order valence-electron chi connectivity index (χ3n) is 8.06. The molecule has 0 amide bonds. The Kier molecular flexibility index (Phi) is 7.11. The second-order valence-electron chi connectivity index (χ2n) is 11.1. The zero-order valence-electron chi connectivity index (χ0n) is 22.3. The van der Waals surface area contributed by atoms with E-state index in [0.717, 1.165) is 29.8 Å². The Morgan fingerprint density at radius 3 is 2.45 bits per heavy atom. The summed E-state index contributed by atoms with van der Waals surface area (Å²) in [5.41, 5.74) is 2.86. The zero-order valence-corrected chi connectivity index (χ0v) is 23.9. The lowest BCUT2D eigenvalue weighted by molar-refractivity contribution is -0.0648. The van der Waals surface area contributed by atoms with Crippen molar-refractivity contribution in [3.05, 3.63) is 69.1 Å². The summed E-state index contributed by atoms with van der Waals surface area (Å²) in [4.78, 5) is 11.7. The van der Waals surface area contributed by atoms with Gasteiger partial charge in [0.1, 0.15) is 5.69 Å². The van der Waals surface area contributed by atoms with Gasteiger partial charge in [0.25, 0.3) is 0 Å². The molecule has 0 saturated heterocycles. The number of aromatic carboxylic acids is 1. The van der Waals surface area contributed by atoms with E-state index in [1.165, 1.54) is 0 Å². The van der Waals surface area contributed by atoms with Crippen molar-refractivity contribution in [2.75, 3.05) is 0 Å². The number of hydrogen-bond donors (Lipinski definition) is 2. The summed E-state index contributed by atoms with van der Waals surface area (Å²) in [6, 6.07) is 10.8. The number of hydrogen-bond acceptors (Lipinski definition) is 6. The third-order valence-corrected chi connectivity index (χ3v) is 8.67. The fourth-order valence-corrected chi connectivity index (χ4v) is 6.25. The lowest BCUT2D eigenvalue weighted by Crippen LogP contribution is -2.34. The summed E-state index contributed by atoms with van der Waals surface area (Å²) in [6.07, 6.45) is 4.50. The number of rotatable bonds is 8. The lowest BCUT2D eigenvalue weighted by Gasteiger charge is -2.36. The fourth-order valence-electron chi connectivity index (χ4n) is 5.69. The van der Waals surface area contributed by atoms with E-state index >= 15 is 0 Å². The van der Waals surface area contributed by atoms with Crippen LogP contribution < -0.4 is 0 Å². The molecule has 0 aliphatic heterocycles. The van der Waals surface area contributed by atoms with Gasteiger partial charge < -0.3 is 14.9 Å². The highest BCUT2D eigenvalue weighted by atomic mass is 35.5. The van der Waals surface area contributed by atoms with Crippen LogP contribution in [0, 0.1) is 0 Å². The molecule has 2 saturated carbocycles. The standard InChI is InChI=1S/C29H31Cl2N5O4/c1-16(2)35-23-14-18(8-9-20(23)26(33-35)28(37)38)29(39)12-10-19(11-13-29)40-15-24-25(17-6-7-17)32-34-36(24)27-21(30)4-3-5-22(27)31/h3-5,8-9,14,16-17,19,39H,6-7,10-13,15H2,1-2H3,(H,37,38). The van der Waals surface area contributed by atoms with Crippen LogP contribution in [-0.4, -0.2) is 47.1 Å². The molecular formula is C29H31Cl2N5O4. The minimum absolute atomic E-state index is 0.0197. The Balaban J connectivity index is 1.19. The van der Waals surface area contributed by atoms with Crippen molar-refractivity contribution in [2.24, 2.45) is 0 Å². The van der Waals surface area contributed by atoms with Crippen LogP contribution in [0.2, 0.25) is 10.0 Å². The number of fused-ring (bicyclic) bond motifs is 1. The molecule has 11 heteroatoms. The van der Waals surface area contributed by atoms with Crippen LogP contribution in [0.4, 0.5) is 0 Å². The van der Waals surface area contributed by atoms with Crippen LogP contribution in [0.15, 0.2) is 36.4 Å². The topological polar surface area (TPSA) is 115 Å². The molecule has 2 fully saturated rings. The molecule has 40 heavy (non-hydrogen) atoms. The van der Waals surface area contributed by atoms with Crippen LogP contribution in [0.5, 0.6) is 0 Å². The fraction of sp³-hybridized carbons (Fsp3) is 0.448. The molecule has 6 rings (SSSR count). The van der Waals surface area contributed by atoms with Gasteiger partial charge in [-0.3, -0.25) is 4.68 Å². The number of halogens is 2. The number of benzene rings is 2. The Morgan fingerprint density at radius 2 is 1.82 bits per heavy atom. The first-order valence-electron chi connectivity index (χ1n) is 13.6. The van der Waals surface area contributed by atoms with Gasteiger partial charge in [0, 0.05) is 17.3 Å². The maximum atomic E-state index is 11.7. The zero-order chi connectivity index (χ0) is 28.2. The van der Waals surface area contributed by atoms with E-state index < -0.39 is 11.6 Å². The highest BCUT2D eigenvalue weighted by Crippen LogP contribution is 2.43. The highest BCUT2D eigenvalue weighted by molar-refractivity contribution is 6.37. The van der Waals surface area contributed by atoms with Gasteiger partial charge in [-0.05, 0) is 82.2 Å². The molecule has 2 N–H and O–H groups in total. The Morgan fingerprint density at radius 1 is 1.12 bits per heavy atom. The van der Waals surface area contributed by atoms with Gasteiger partial charge >= 0.3 is 5.97 Å². The largest absolute Gasteiger partial charge is 0.476 e. The number of ether oxygens (including phenoxy) is 1. The molecule has 0 bridgehead atoms. The molecule has 2 aliphatic carbocycles. The molecule has 0 spiro atoms. The van der Waals surface area contributed by atoms with E-state index in [1.54, 1.807) is 33.6 Å². The first kappa shape index (κ1) is 27.2. The lowest BCUT2D eigenvalue weighted by atomic mass is 9.78. The van der Waals surface area contributed by atoms with E-state index in [4.69, 9.17) is 27.9 Å². The average molecular weight is 585 g/mol. The second-order valence-corrected chi connectivity index (χ2v) is 12.0. The molecule has 2 aromatic heterocycles. The first-order valence-corrected chi connectivity index (χ1v) is 14.4. The van der Waals surface area contributed by atoms with E-state index in [2.05, 4.69) is 15.4 Å². The number of carbonyl (C=O) groups is 1. The molecule has 210 valence electrons. The van der Waals surface area contributed by atoms with Crippen LogP contribution in [-0.2, 0) is 16.9 Å². The number of nitrogens with zero attached hydrogens (tertiary/aromatic N) is 5. The molecule has 2 aliphatic rings. The monoisotopic (exact) mass is 583 g/mol. The van der Waals surface area contributed by atoms with Crippen molar-refractivity contribution in [1.29, 1.82) is 0 Å². The summed E-state index contributed by atoms with van der Waals surface area (Å²) < 4.78 is 9.80. The van der Waals surface area contributed by atoms with Crippen LogP contribution >= 0.6 is 23.2 Å². The molecule has 0 atom stereocenters. The van der Waals surface area contributed by atoms with Gasteiger partial charge in [0.15, 0.2) is 5.69 Å². The van der Waals surface area contributed by atoms with Crippen LogP contribution in [0.25, 0.3) is 16.6 Å². The van der Waals surface area contributed by atoms with Gasteiger partial charge in [-0.15, -0.1) is 5.10 Å². The molecule has 4 aromatic rings. The molecule has 9 nitrogen and oxygen atoms in total. The summed E-state index contributed by atoms with van der Waals surface area (Å²) in [5, 5.41) is 35.9. The summed E-state index contributed by atoms with van der Waals surface area (Å²) in [7, 11) is 0. The smallest absolute Gasteiger partial charge is 0.357 e. The van der Waals surface area contributed by atoms with E-state index in [0.29, 0.717) is 64.8 Å². The van der Waals surface area contributed by atoms with Gasteiger partial charge in [-0.25, -0.2) is 9.48 Å². The normalized spacial score (nSPS) is 21.4. The predicted octanol–water partition coefficient (Wildman–Crippen LogP) is 6.43. The van der Waals surface area contributed by atoms with Gasteiger partial charge in [0.2, 0.25) is 0 Å². The van der Waals surface area contributed by atoms with Gasteiger partial charge in [0.05, 0.1) is 45.3 Å². The predicted molar refractivity (Wildman–Crippen MR) is 151 cm³/mol. The van der Waals surface area contributed by atoms with Gasteiger partial charge in [-0.2, -0.15) is 5.10 Å². The number of carboxylic acids is 1. The molecular weight excluding hydrogens is 553 g/mol. The van der Waals surface area contributed by atoms with Crippen molar-refractivity contribution >= 4 is 40.1 Å². The van der Waals surface area contributed by atoms with Crippen molar-refractivity contribution < 1.29 is 19.7 Å². The van der Waals surface area contributed by atoms with Crippen LogP contribution in [0.3, 0.4) is 0 Å². The van der Waals surface area contributed by atoms with Crippen molar-refractivity contribution in [3.8, 4) is 5.69 Å². The summed E-state index contributed by atoms with van der Waals surface area (Å²) in [6.45, 7) is 4.23. The number of carboxylic acid groups (broad SMARTS) is 1. The number of para-hydroxylation sites is 1. The Hall–Kier alpha value is -2.98. The maximum absolute atomic E-state index is 11.7. The summed E-state index contributed by atoms with van der Waals surface area (Å²) in [5.74, 6) is -0.687. The Labute approximate surface area is 241 Å². The van der Waals surface area contributed by atoms with E-state index in [9.17, 15) is 15.0 Å². The number of aliphatic hydroxyl groups is 1. The molecule has 2 heterocycles. The third kappa shape index (κ3) is 4.89. The summed E-state index contributed by atoms with van der Waals surface area (Å²) >= 11 is 13.0. The average Bonchev–Trinajstić information content (AvgIpc) is 3.56. The quantitative estimate of drug-likeness (QED) is 0.245. The van der Waals surface area contributed by atoms with Crippen molar-refractivity contribution in [3.63, 3.8) is 0 Å². The second kappa shape index (κ2) is 10.4. The first-order chi connectivity index (χ1) is 19.2. The van der Waals surface area contributed by atoms with E-state index in [1.807, 2.05) is 26.0 Å². The van der Waals surface area contributed by atoms with Crippen LogP contribution in [0.1, 0.15) is 91.8 Å². The minimum Gasteiger partial charge on any atom is -0.476 e. The molecule has 0 radical (unpaired) electrons. The Bertz CT molecular complexity index is 1560. The number of aromatic nitrogens is 5. The molecule has 0 unspecified atom stereocenters. The van der Waals surface area contributed by atoms with E-state index in [-0.39, 0.29) is 17.8 Å². The SMILES string of the molecule is CC(C)n1nc(C(=O)O)c2ccc(C3(O)CCC(OCc4c(C5CC5)nnn4-c4c(Cl)cccc4Cl)CC3)cc21. The van der Waals surface area contributed by atoms with Crippen molar-refractivity contribution in [1.82, 2.24) is 24.8 Å². The maximum Gasteiger partial charge on any atom is 0.357 e. The van der Waals surface area contributed by atoms with Crippen molar-refractivity contribution in [2.45, 2.75) is 82.6 Å². The molecule has 2 aromatic carbocycles. The van der Waals surface area contributed by atoms with Gasteiger partial charge in [-0.1, -0.05) is 40.5 Å².